The van der Waals surface area contributed by atoms with Gasteiger partial charge in [-0.2, -0.15) is 4.31 Å². The van der Waals surface area contributed by atoms with Crippen molar-refractivity contribution >= 4 is 10.0 Å². The Morgan fingerprint density at radius 3 is 2.75 bits per heavy atom. The first kappa shape index (κ1) is 18.7. The molecule has 146 valence electrons. The predicted molar refractivity (Wildman–Crippen MR) is 102 cm³/mol. The first-order valence-corrected chi connectivity index (χ1v) is 10.5. The highest BCUT2D eigenvalue weighted by Crippen LogP contribution is 2.31. The van der Waals surface area contributed by atoms with Crippen molar-refractivity contribution in [2.75, 3.05) is 13.1 Å². The Balaban J connectivity index is 1.55. The van der Waals surface area contributed by atoms with Gasteiger partial charge in [0.15, 0.2) is 0 Å². The van der Waals surface area contributed by atoms with Gasteiger partial charge in [-0.25, -0.2) is 8.42 Å². The predicted octanol–water partition coefficient (Wildman–Crippen LogP) is 2.40. The standard InChI is InChI=1S/C19H21N5O3S/c1-13-18(14(2)27-23-13)19-17(21-7-8-22-19)10-15-5-9-24(12-15)28(25,26)16-4-3-6-20-11-16/h3-4,6-8,11,15H,5,9-10,12H2,1-2H3/t15-/m1/s1. The van der Waals surface area contributed by atoms with E-state index in [1.165, 1.54) is 10.5 Å². The lowest BCUT2D eigenvalue weighted by Gasteiger charge is -2.16. The van der Waals surface area contributed by atoms with Crippen molar-refractivity contribution in [3.63, 3.8) is 0 Å². The summed E-state index contributed by atoms with van der Waals surface area (Å²) in [5, 5.41) is 4.01. The number of rotatable bonds is 5. The zero-order valence-electron chi connectivity index (χ0n) is 15.7. The Bertz CT molecular complexity index is 1060. The maximum Gasteiger partial charge on any atom is 0.244 e. The van der Waals surface area contributed by atoms with Crippen LogP contribution in [-0.4, -0.2) is 45.9 Å². The molecule has 3 aromatic heterocycles. The van der Waals surface area contributed by atoms with E-state index in [0.29, 0.717) is 25.3 Å². The molecule has 0 aromatic carbocycles. The van der Waals surface area contributed by atoms with Crippen molar-refractivity contribution in [3.05, 3.63) is 54.1 Å². The van der Waals surface area contributed by atoms with E-state index in [1.807, 2.05) is 13.8 Å². The largest absolute Gasteiger partial charge is 0.361 e. The minimum atomic E-state index is -3.52. The number of hydrogen-bond donors (Lipinski definition) is 0. The summed E-state index contributed by atoms with van der Waals surface area (Å²) in [5.41, 5.74) is 3.22. The topological polar surface area (TPSA) is 102 Å². The van der Waals surface area contributed by atoms with Gasteiger partial charge in [-0.3, -0.25) is 15.0 Å². The molecule has 0 spiro atoms. The van der Waals surface area contributed by atoms with E-state index in [4.69, 9.17) is 4.52 Å². The van der Waals surface area contributed by atoms with Gasteiger partial charge in [0.2, 0.25) is 10.0 Å². The minimum absolute atomic E-state index is 0.169. The average molecular weight is 399 g/mol. The molecule has 0 radical (unpaired) electrons. The van der Waals surface area contributed by atoms with Gasteiger partial charge >= 0.3 is 0 Å². The first-order valence-electron chi connectivity index (χ1n) is 9.10. The lowest BCUT2D eigenvalue weighted by Crippen LogP contribution is -2.29. The number of hydrogen-bond acceptors (Lipinski definition) is 7. The van der Waals surface area contributed by atoms with Crippen molar-refractivity contribution < 1.29 is 12.9 Å². The van der Waals surface area contributed by atoms with E-state index in [0.717, 1.165) is 29.1 Å². The summed E-state index contributed by atoms with van der Waals surface area (Å²) in [5.74, 6) is 0.869. The molecule has 1 aliphatic heterocycles. The van der Waals surface area contributed by atoms with Gasteiger partial charge in [0.25, 0.3) is 0 Å². The third-order valence-corrected chi connectivity index (χ3v) is 6.90. The van der Waals surface area contributed by atoms with Crippen molar-refractivity contribution in [1.82, 2.24) is 24.4 Å². The van der Waals surface area contributed by atoms with E-state index in [9.17, 15) is 8.42 Å². The Labute approximate surface area is 163 Å². The monoisotopic (exact) mass is 399 g/mol. The molecule has 0 N–H and O–H groups in total. The second-order valence-electron chi connectivity index (χ2n) is 6.96. The second-order valence-corrected chi connectivity index (χ2v) is 8.90. The van der Waals surface area contributed by atoms with Gasteiger partial charge in [-0.1, -0.05) is 5.16 Å². The van der Waals surface area contributed by atoms with Crippen LogP contribution in [0.4, 0.5) is 0 Å². The third-order valence-electron chi connectivity index (χ3n) is 5.05. The minimum Gasteiger partial charge on any atom is -0.361 e. The summed E-state index contributed by atoms with van der Waals surface area (Å²) in [4.78, 5) is 13.2. The van der Waals surface area contributed by atoms with Crippen LogP contribution >= 0.6 is 0 Å². The molecule has 1 atom stereocenters. The van der Waals surface area contributed by atoms with Gasteiger partial charge < -0.3 is 4.52 Å². The first-order chi connectivity index (χ1) is 13.5. The van der Waals surface area contributed by atoms with Gasteiger partial charge in [0, 0.05) is 37.9 Å². The van der Waals surface area contributed by atoms with Gasteiger partial charge in [-0.05, 0) is 44.7 Å². The highest BCUT2D eigenvalue weighted by atomic mass is 32.2. The maximum atomic E-state index is 12.8. The lowest BCUT2D eigenvalue weighted by atomic mass is 9.98. The van der Waals surface area contributed by atoms with Crippen molar-refractivity contribution in [1.29, 1.82) is 0 Å². The van der Waals surface area contributed by atoms with E-state index in [-0.39, 0.29) is 10.8 Å². The Hall–Kier alpha value is -2.65. The highest BCUT2D eigenvalue weighted by molar-refractivity contribution is 7.89. The number of pyridine rings is 1. The summed E-state index contributed by atoms with van der Waals surface area (Å²) in [6.07, 6.45) is 7.69. The van der Waals surface area contributed by atoms with Gasteiger partial charge in [-0.15, -0.1) is 0 Å². The van der Waals surface area contributed by atoms with Crippen LogP contribution in [0.25, 0.3) is 11.3 Å². The molecule has 4 heterocycles. The summed E-state index contributed by atoms with van der Waals surface area (Å²) >= 11 is 0. The Kier molecular flexibility index (Phi) is 4.94. The molecule has 0 bridgehead atoms. The molecule has 0 amide bonds. The quantitative estimate of drug-likeness (QED) is 0.649. The molecule has 4 rings (SSSR count). The molecule has 8 nitrogen and oxygen atoms in total. The molecular weight excluding hydrogens is 378 g/mol. The Morgan fingerprint density at radius 1 is 1.21 bits per heavy atom. The number of nitrogens with zero attached hydrogens (tertiary/aromatic N) is 5. The zero-order chi connectivity index (χ0) is 19.7. The van der Waals surface area contributed by atoms with Crippen LogP contribution in [0.5, 0.6) is 0 Å². The summed E-state index contributed by atoms with van der Waals surface area (Å²) in [6, 6.07) is 3.21. The molecule has 1 fully saturated rings. The fraction of sp³-hybridized carbons (Fsp3) is 0.368. The smallest absolute Gasteiger partial charge is 0.244 e. The van der Waals surface area contributed by atoms with Crippen molar-refractivity contribution in [2.45, 2.75) is 31.6 Å². The average Bonchev–Trinajstić information content (AvgIpc) is 3.30. The number of aromatic nitrogens is 4. The van der Waals surface area contributed by atoms with Crippen LogP contribution in [0, 0.1) is 19.8 Å². The highest BCUT2D eigenvalue weighted by Gasteiger charge is 2.33. The molecular formula is C19H21N5O3S. The van der Waals surface area contributed by atoms with Crippen molar-refractivity contribution in [2.24, 2.45) is 5.92 Å². The van der Waals surface area contributed by atoms with E-state index in [1.54, 1.807) is 30.7 Å². The van der Waals surface area contributed by atoms with Crippen LogP contribution in [0.3, 0.4) is 0 Å². The fourth-order valence-electron chi connectivity index (χ4n) is 3.65. The third kappa shape index (κ3) is 3.43. The van der Waals surface area contributed by atoms with Gasteiger partial charge in [0.05, 0.1) is 22.6 Å². The summed E-state index contributed by atoms with van der Waals surface area (Å²) in [7, 11) is -3.52. The molecule has 1 aliphatic rings. The second kappa shape index (κ2) is 7.40. The molecule has 9 heteroatoms. The molecule has 0 unspecified atom stereocenters. The molecule has 0 aliphatic carbocycles. The van der Waals surface area contributed by atoms with E-state index >= 15 is 0 Å². The number of sulfonamides is 1. The van der Waals surface area contributed by atoms with Crippen LogP contribution in [0.15, 0.2) is 46.3 Å². The molecule has 0 saturated carbocycles. The van der Waals surface area contributed by atoms with E-state index < -0.39 is 10.0 Å². The summed E-state index contributed by atoms with van der Waals surface area (Å²) < 4.78 is 32.4. The SMILES string of the molecule is Cc1noc(C)c1-c1nccnc1C[C@H]1CCN(S(=O)(=O)c2cccnc2)C1. The number of aryl methyl sites for hydroxylation is 2. The van der Waals surface area contributed by atoms with Crippen LogP contribution in [0.2, 0.25) is 0 Å². The Morgan fingerprint density at radius 2 is 2.04 bits per heavy atom. The van der Waals surface area contributed by atoms with Crippen LogP contribution in [0.1, 0.15) is 23.6 Å². The maximum absolute atomic E-state index is 12.8. The van der Waals surface area contributed by atoms with Crippen molar-refractivity contribution in [3.8, 4) is 11.3 Å². The molecule has 1 saturated heterocycles. The zero-order valence-corrected chi connectivity index (χ0v) is 16.6. The molecule has 3 aromatic rings. The lowest BCUT2D eigenvalue weighted by molar-refractivity contribution is 0.393. The van der Waals surface area contributed by atoms with Crippen LogP contribution in [-0.2, 0) is 16.4 Å². The fourth-order valence-corrected chi connectivity index (χ4v) is 5.15. The van der Waals surface area contributed by atoms with Crippen LogP contribution < -0.4 is 0 Å². The molecule has 28 heavy (non-hydrogen) atoms. The van der Waals surface area contributed by atoms with Gasteiger partial charge in [0.1, 0.15) is 10.7 Å². The van der Waals surface area contributed by atoms with E-state index in [2.05, 4.69) is 20.1 Å². The summed E-state index contributed by atoms with van der Waals surface area (Å²) in [6.45, 7) is 4.67. The normalized spacial score (nSPS) is 17.9.